The largest absolute Gasteiger partial charge is 0.503 e. The Balaban J connectivity index is 3.41. The summed E-state index contributed by atoms with van der Waals surface area (Å²) in [5.41, 5.74) is 0.0647. The van der Waals surface area contributed by atoms with E-state index in [1.54, 1.807) is 13.8 Å². The van der Waals surface area contributed by atoms with Gasteiger partial charge in [-0.25, -0.2) is 4.79 Å². The van der Waals surface area contributed by atoms with Gasteiger partial charge in [0.1, 0.15) is 6.04 Å². The molecular formula is C13H20N2O4. The van der Waals surface area contributed by atoms with Gasteiger partial charge in [0.2, 0.25) is 5.43 Å². The van der Waals surface area contributed by atoms with Crippen molar-refractivity contribution in [3.8, 4) is 5.75 Å². The quantitative estimate of drug-likeness (QED) is 0.829. The molecule has 2 N–H and O–H groups in total. The molecule has 0 amide bonds. The topological polar surface area (TPSA) is 82.8 Å². The summed E-state index contributed by atoms with van der Waals surface area (Å²) < 4.78 is 1.46. The van der Waals surface area contributed by atoms with E-state index in [-0.39, 0.29) is 5.92 Å². The van der Waals surface area contributed by atoms with Gasteiger partial charge in [0.05, 0.1) is 6.20 Å². The first-order valence-corrected chi connectivity index (χ1v) is 6.05. The van der Waals surface area contributed by atoms with Gasteiger partial charge in [-0.3, -0.25) is 4.79 Å². The average molecular weight is 268 g/mol. The number of pyridine rings is 1. The highest BCUT2D eigenvalue weighted by Gasteiger charge is 2.25. The van der Waals surface area contributed by atoms with E-state index in [2.05, 4.69) is 0 Å². The summed E-state index contributed by atoms with van der Waals surface area (Å²) in [5.74, 6) is -1.59. The summed E-state index contributed by atoms with van der Waals surface area (Å²) in [6, 6.07) is 0.467. The van der Waals surface area contributed by atoms with Crippen LogP contribution in [0.15, 0.2) is 17.1 Å². The fourth-order valence-electron chi connectivity index (χ4n) is 2.01. The monoisotopic (exact) mass is 268 g/mol. The highest BCUT2D eigenvalue weighted by Crippen LogP contribution is 2.22. The molecule has 1 rings (SSSR count). The molecule has 0 spiro atoms. The molecule has 1 unspecified atom stereocenters. The number of hydrogen-bond acceptors (Lipinski definition) is 4. The van der Waals surface area contributed by atoms with Crippen LogP contribution in [0.1, 0.15) is 25.6 Å². The van der Waals surface area contributed by atoms with Crippen molar-refractivity contribution in [2.75, 3.05) is 14.1 Å². The first-order valence-electron chi connectivity index (χ1n) is 6.05. The molecule has 6 nitrogen and oxygen atoms in total. The van der Waals surface area contributed by atoms with E-state index in [9.17, 15) is 19.8 Å². The second-order valence-corrected chi connectivity index (χ2v) is 5.19. The third kappa shape index (κ3) is 3.57. The minimum atomic E-state index is -0.988. The van der Waals surface area contributed by atoms with Crippen molar-refractivity contribution >= 4 is 5.97 Å². The van der Waals surface area contributed by atoms with Crippen LogP contribution in [0, 0.1) is 5.92 Å². The van der Waals surface area contributed by atoms with Crippen molar-refractivity contribution in [3.63, 3.8) is 0 Å². The third-order valence-corrected chi connectivity index (χ3v) is 2.81. The molecule has 1 atom stereocenters. The van der Waals surface area contributed by atoms with Crippen LogP contribution in [0.25, 0.3) is 0 Å². The van der Waals surface area contributed by atoms with Gasteiger partial charge in [-0.1, -0.05) is 13.8 Å². The van der Waals surface area contributed by atoms with Gasteiger partial charge < -0.3 is 19.7 Å². The van der Waals surface area contributed by atoms with E-state index >= 15 is 0 Å². The van der Waals surface area contributed by atoms with Crippen molar-refractivity contribution in [3.05, 3.63) is 28.2 Å². The maximum Gasteiger partial charge on any atom is 0.326 e. The number of carbonyl (C=O) groups is 1. The number of hydrogen-bond donors (Lipinski definition) is 2. The lowest BCUT2D eigenvalue weighted by atomic mass is 10.0. The van der Waals surface area contributed by atoms with Crippen LogP contribution < -0.4 is 5.43 Å². The Kier molecular flexibility index (Phi) is 4.72. The Labute approximate surface area is 111 Å². The normalized spacial score (nSPS) is 12.9. The molecule has 0 aliphatic rings. The number of carboxylic acids is 1. The summed E-state index contributed by atoms with van der Waals surface area (Å²) >= 11 is 0. The molecule has 0 aliphatic heterocycles. The Morgan fingerprint density at radius 1 is 1.42 bits per heavy atom. The number of carboxylic acid groups (broad SMARTS) is 1. The van der Waals surface area contributed by atoms with E-state index in [1.165, 1.54) is 16.8 Å². The number of aromatic nitrogens is 1. The SMILES string of the molecule is CC(C)C(C(=O)O)n1cc(O)c(=O)cc1CN(C)C. The number of nitrogens with zero attached hydrogens (tertiary/aromatic N) is 2. The maximum atomic E-state index is 11.5. The molecule has 0 saturated heterocycles. The molecule has 1 aromatic rings. The summed E-state index contributed by atoms with van der Waals surface area (Å²) in [6.07, 6.45) is 1.21. The van der Waals surface area contributed by atoms with Crippen molar-refractivity contribution in [2.45, 2.75) is 26.4 Å². The van der Waals surface area contributed by atoms with E-state index in [0.717, 1.165) is 0 Å². The molecule has 19 heavy (non-hydrogen) atoms. The molecule has 0 aromatic carbocycles. The molecule has 0 fully saturated rings. The standard InChI is InChI=1S/C13H20N2O4/c1-8(2)12(13(18)19)15-7-11(17)10(16)5-9(15)6-14(3)4/h5,7-8,12,17H,6H2,1-4H3,(H,18,19). The predicted molar refractivity (Wildman–Crippen MR) is 71.3 cm³/mol. The van der Waals surface area contributed by atoms with Crippen molar-refractivity contribution in [1.29, 1.82) is 0 Å². The molecule has 0 aliphatic carbocycles. The van der Waals surface area contributed by atoms with Gasteiger partial charge in [0.15, 0.2) is 5.75 Å². The van der Waals surface area contributed by atoms with Crippen LogP contribution in [0.2, 0.25) is 0 Å². The lowest BCUT2D eigenvalue weighted by molar-refractivity contribution is -0.142. The molecule has 1 aromatic heterocycles. The lowest BCUT2D eigenvalue weighted by Gasteiger charge is -2.25. The van der Waals surface area contributed by atoms with Gasteiger partial charge >= 0.3 is 5.97 Å². The van der Waals surface area contributed by atoms with Crippen molar-refractivity contribution in [2.24, 2.45) is 5.92 Å². The Morgan fingerprint density at radius 3 is 2.42 bits per heavy atom. The van der Waals surface area contributed by atoms with Crippen LogP contribution in [0.3, 0.4) is 0 Å². The fraction of sp³-hybridized carbons (Fsp3) is 0.538. The zero-order chi connectivity index (χ0) is 14.7. The van der Waals surface area contributed by atoms with Crippen LogP contribution in [0.4, 0.5) is 0 Å². The number of rotatable bonds is 5. The van der Waals surface area contributed by atoms with Crippen LogP contribution in [0.5, 0.6) is 5.75 Å². The van der Waals surface area contributed by atoms with E-state index in [1.807, 2.05) is 19.0 Å². The average Bonchev–Trinajstić information content (AvgIpc) is 2.23. The molecule has 6 heteroatoms. The first kappa shape index (κ1) is 15.2. The summed E-state index contributed by atoms with van der Waals surface area (Å²) in [7, 11) is 3.65. The van der Waals surface area contributed by atoms with Crippen LogP contribution in [-0.2, 0) is 11.3 Å². The number of aliphatic carboxylic acids is 1. The van der Waals surface area contributed by atoms with Gasteiger partial charge in [-0.05, 0) is 20.0 Å². The van der Waals surface area contributed by atoms with Gasteiger partial charge in [-0.2, -0.15) is 0 Å². The molecule has 1 heterocycles. The third-order valence-electron chi connectivity index (χ3n) is 2.81. The predicted octanol–water partition coefficient (Wildman–Crippen LogP) is 0.897. The van der Waals surface area contributed by atoms with Gasteiger partial charge in [-0.15, -0.1) is 0 Å². The van der Waals surface area contributed by atoms with E-state index in [0.29, 0.717) is 12.2 Å². The van der Waals surface area contributed by atoms with Crippen molar-refractivity contribution in [1.82, 2.24) is 9.47 Å². The first-order chi connectivity index (χ1) is 8.73. The summed E-state index contributed by atoms with van der Waals surface area (Å²) in [4.78, 5) is 24.7. The zero-order valence-corrected chi connectivity index (χ0v) is 11.6. The molecule has 106 valence electrons. The van der Waals surface area contributed by atoms with E-state index < -0.39 is 23.2 Å². The molecule has 0 saturated carbocycles. The summed E-state index contributed by atoms with van der Waals surface area (Å²) in [5, 5.41) is 18.9. The zero-order valence-electron chi connectivity index (χ0n) is 11.6. The lowest BCUT2D eigenvalue weighted by Crippen LogP contribution is -2.29. The maximum absolute atomic E-state index is 11.5. The Hall–Kier alpha value is -1.82. The van der Waals surface area contributed by atoms with E-state index in [4.69, 9.17) is 0 Å². The minimum Gasteiger partial charge on any atom is -0.503 e. The van der Waals surface area contributed by atoms with Crippen LogP contribution in [-0.4, -0.2) is 39.7 Å². The molecule has 0 radical (unpaired) electrons. The second-order valence-electron chi connectivity index (χ2n) is 5.19. The highest BCUT2D eigenvalue weighted by molar-refractivity contribution is 5.72. The Bertz CT molecular complexity index is 520. The highest BCUT2D eigenvalue weighted by atomic mass is 16.4. The number of aromatic hydroxyl groups is 1. The Morgan fingerprint density at radius 2 is 2.00 bits per heavy atom. The minimum absolute atomic E-state index is 0.166. The smallest absolute Gasteiger partial charge is 0.326 e. The molecule has 0 bridgehead atoms. The second kappa shape index (κ2) is 5.88. The van der Waals surface area contributed by atoms with Crippen LogP contribution >= 0.6 is 0 Å². The van der Waals surface area contributed by atoms with Gasteiger partial charge in [0, 0.05) is 18.3 Å². The molecular weight excluding hydrogens is 248 g/mol. The van der Waals surface area contributed by atoms with Gasteiger partial charge in [0.25, 0.3) is 0 Å². The van der Waals surface area contributed by atoms with Crippen molar-refractivity contribution < 1.29 is 15.0 Å². The summed E-state index contributed by atoms with van der Waals surface area (Å²) in [6.45, 7) is 3.99. The fourth-order valence-corrected chi connectivity index (χ4v) is 2.01.